The fourth-order valence-corrected chi connectivity index (χ4v) is 4.44. The summed E-state index contributed by atoms with van der Waals surface area (Å²) in [7, 11) is 3.91. The molecule has 0 aliphatic carbocycles. The highest BCUT2D eigenvalue weighted by Crippen LogP contribution is 2.35. The van der Waals surface area contributed by atoms with Crippen molar-refractivity contribution in [1.29, 1.82) is 0 Å². The number of morpholine rings is 1. The lowest BCUT2D eigenvalue weighted by atomic mass is 10.2. The van der Waals surface area contributed by atoms with Crippen LogP contribution in [0.25, 0.3) is 5.78 Å². The molecule has 1 saturated heterocycles. The fraction of sp³-hybridized carbons (Fsp3) is 0.706. The predicted octanol–water partition coefficient (Wildman–Crippen LogP) is 1.36. The Morgan fingerprint density at radius 2 is 2.08 bits per heavy atom. The highest BCUT2D eigenvalue weighted by atomic mass is 32.2. The maximum absolute atomic E-state index is 5.42. The van der Waals surface area contributed by atoms with Crippen molar-refractivity contribution in [3.8, 4) is 0 Å². The van der Waals surface area contributed by atoms with Gasteiger partial charge in [-0.2, -0.15) is 9.50 Å². The first-order valence-electron chi connectivity index (χ1n) is 9.36. The molecule has 4 heterocycles. The maximum Gasteiger partial charge on any atom is 0.256 e. The third-order valence-corrected chi connectivity index (χ3v) is 5.96. The molecule has 1 fully saturated rings. The van der Waals surface area contributed by atoms with E-state index in [9.17, 15) is 0 Å². The van der Waals surface area contributed by atoms with Gasteiger partial charge in [-0.15, -0.1) is 16.9 Å². The van der Waals surface area contributed by atoms with Crippen LogP contribution in [0.1, 0.15) is 18.5 Å². The van der Waals surface area contributed by atoms with Crippen LogP contribution in [0.3, 0.4) is 0 Å². The molecule has 0 unspecified atom stereocenters. The minimum absolute atomic E-state index is 0.686. The Labute approximate surface area is 158 Å². The Kier molecular flexibility index (Phi) is 5.46. The number of rotatable bonds is 6. The van der Waals surface area contributed by atoms with Crippen LogP contribution < -0.4 is 10.2 Å². The zero-order valence-corrected chi connectivity index (χ0v) is 16.4. The third-order valence-electron chi connectivity index (χ3n) is 4.75. The number of ether oxygens (including phenoxy) is 1. The van der Waals surface area contributed by atoms with E-state index in [1.54, 1.807) is 0 Å². The number of thioether (sulfide) groups is 1. The van der Waals surface area contributed by atoms with E-state index in [4.69, 9.17) is 9.72 Å². The smallest absolute Gasteiger partial charge is 0.256 e. The van der Waals surface area contributed by atoms with Crippen molar-refractivity contribution < 1.29 is 4.74 Å². The van der Waals surface area contributed by atoms with Crippen molar-refractivity contribution in [2.75, 3.05) is 69.5 Å². The van der Waals surface area contributed by atoms with Crippen LogP contribution in [0.4, 0.5) is 11.8 Å². The number of nitrogens with one attached hydrogen (secondary N) is 1. The van der Waals surface area contributed by atoms with Gasteiger partial charge >= 0.3 is 0 Å². The normalized spacial score (nSPS) is 18.1. The number of anilines is 2. The summed E-state index contributed by atoms with van der Waals surface area (Å²) in [6.45, 7) is 5.81. The molecule has 2 aromatic heterocycles. The topological polar surface area (TPSA) is 70.8 Å². The Hall–Kier alpha value is -1.58. The molecule has 2 aromatic rings. The van der Waals surface area contributed by atoms with Crippen LogP contribution in [0, 0.1) is 0 Å². The number of fused-ring (bicyclic) bond motifs is 2. The maximum atomic E-state index is 5.42. The molecule has 0 spiro atoms. The van der Waals surface area contributed by atoms with Gasteiger partial charge in [0.15, 0.2) is 0 Å². The average Bonchev–Trinajstić information content (AvgIpc) is 3.09. The molecule has 0 aromatic carbocycles. The summed E-state index contributed by atoms with van der Waals surface area (Å²) >= 11 is 1.88. The Morgan fingerprint density at radius 1 is 1.23 bits per heavy atom. The molecule has 0 radical (unpaired) electrons. The zero-order valence-electron chi connectivity index (χ0n) is 15.6. The van der Waals surface area contributed by atoms with E-state index in [0.717, 1.165) is 69.5 Å². The molecule has 1 N–H and O–H groups in total. The Bertz CT molecular complexity index is 757. The van der Waals surface area contributed by atoms with Gasteiger partial charge in [-0.05, 0) is 31.6 Å². The molecule has 4 rings (SSSR count). The average molecular weight is 378 g/mol. The molecule has 2 aliphatic heterocycles. The molecule has 0 amide bonds. The summed E-state index contributed by atoms with van der Waals surface area (Å²) in [5.41, 5.74) is 1.15. The monoisotopic (exact) mass is 377 g/mol. The summed E-state index contributed by atoms with van der Waals surface area (Å²) in [6.07, 6.45) is 3.29. The van der Waals surface area contributed by atoms with Crippen molar-refractivity contribution in [2.24, 2.45) is 0 Å². The lowest BCUT2D eigenvalue weighted by Crippen LogP contribution is -2.37. The van der Waals surface area contributed by atoms with Crippen LogP contribution in [-0.2, 0) is 11.2 Å². The van der Waals surface area contributed by atoms with Gasteiger partial charge in [-0.1, -0.05) is 0 Å². The molecule has 26 heavy (non-hydrogen) atoms. The molecular formula is C17H27N7OS. The highest BCUT2D eigenvalue weighted by Gasteiger charge is 2.21. The van der Waals surface area contributed by atoms with Gasteiger partial charge in [-0.3, -0.25) is 4.90 Å². The van der Waals surface area contributed by atoms with Gasteiger partial charge in [0.2, 0.25) is 5.95 Å². The third kappa shape index (κ3) is 3.74. The summed E-state index contributed by atoms with van der Waals surface area (Å²) in [4.78, 5) is 15.0. The summed E-state index contributed by atoms with van der Waals surface area (Å²) in [5, 5.41) is 8.29. The minimum Gasteiger partial charge on any atom is -0.379 e. The number of nitrogens with zero attached hydrogens (tertiary/aromatic N) is 6. The molecule has 0 bridgehead atoms. The van der Waals surface area contributed by atoms with E-state index >= 15 is 0 Å². The first-order valence-corrected chi connectivity index (χ1v) is 10.3. The first kappa shape index (κ1) is 17.8. The Morgan fingerprint density at radius 3 is 2.88 bits per heavy atom. The molecule has 142 valence electrons. The van der Waals surface area contributed by atoms with E-state index < -0.39 is 0 Å². The number of aromatic nitrogens is 4. The van der Waals surface area contributed by atoms with Gasteiger partial charge < -0.3 is 15.0 Å². The van der Waals surface area contributed by atoms with Crippen LogP contribution in [-0.4, -0.2) is 83.7 Å². The molecule has 0 atom stereocenters. The highest BCUT2D eigenvalue weighted by molar-refractivity contribution is 7.99. The molecule has 2 aliphatic rings. The number of hydrogen-bond acceptors (Lipinski definition) is 8. The van der Waals surface area contributed by atoms with Gasteiger partial charge in [0, 0.05) is 33.7 Å². The van der Waals surface area contributed by atoms with Gasteiger partial charge in [0.1, 0.15) is 5.82 Å². The van der Waals surface area contributed by atoms with Crippen LogP contribution >= 0.6 is 11.8 Å². The summed E-state index contributed by atoms with van der Waals surface area (Å²) < 4.78 is 7.29. The van der Waals surface area contributed by atoms with Crippen LogP contribution in [0.5, 0.6) is 0 Å². The van der Waals surface area contributed by atoms with Crippen LogP contribution in [0.2, 0.25) is 0 Å². The van der Waals surface area contributed by atoms with Crippen molar-refractivity contribution >= 4 is 29.3 Å². The second-order valence-electron chi connectivity index (χ2n) is 6.94. The fourth-order valence-electron chi connectivity index (χ4n) is 3.33. The van der Waals surface area contributed by atoms with Gasteiger partial charge in [-0.25, -0.2) is 4.98 Å². The standard InChI is InChI=1S/C17H27N7OS/c1-22(2)17-20-16-19-13-5-3-12-26-14(13)15(24(16)21-17)18-6-4-7-23-8-10-25-11-9-23/h18H,3-12H2,1-2H3. The lowest BCUT2D eigenvalue weighted by Gasteiger charge is -2.26. The van der Waals surface area contributed by atoms with E-state index in [2.05, 4.69) is 20.3 Å². The van der Waals surface area contributed by atoms with E-state index in [1.165, 1.54) is 11.3 Å². The van der Waals surface area contributed by atoms with Gasteiger partial charge in [0.25, 0.3) is 5.78 Å². The van der Waals surface area contributed by atoms with Crippen molar-refractivity contribution in [3.05, 3.63) is 5.69 Å². The lowest BCUT2D eigenvalue weighted by molar-refractivity contribution is 0.0378. The zero-order chi connectivity index (χ0) is 17.9. The largest absolute Gasteiger partial charge is 0.379 e. The molecule has 8 nitrogen and oxygen atoms in total. The van der Waals surface area contributed by atoms with Crippen molar-refractivity contribution in [2.45, 2.75) is 24.2 Å². The second-order valence-corrected chi connectivity index (χ2v) is 8.05. The second kappa shape index (κ2) is 7.98. The minimum atomic E-state index is 0.686. The van der Waals surface area contributed by atoms with E-state index in [-0.39, 0.29) is 0 Å². The molecular weight excluding hydrogens is 350 g/mol. The van der Waals surface area contributed by atoms with E-state index in [0.29, 0.717) is 11.7 Å². The molecule has 9 heteroatoms. The van der Waals surface area contributed by atoms with Crippen molar-refractivity contribution in [3.63, 3.8) is 0 Å². The quantitative estimate of drug-likeness (QED) is 0.757. The summed E-state index contributed by atoms with van der Waals surface area (Å²) in [5.74, 6) is 3.57. The first-order chi connectivity index (χ1) is 12.7. The van der Waals surface area contributed by atoms with E-state index in [1.807, 2.05) is 35.3 Å². The van der Waals surface area contributed by atoms with Gasteiger partial charge in [0.05, 0.1) is 23.8 Å². The summed E-state index contributed by atoms with van der Waals surface area (Å²) in [6, 6.07) is 0. The SMILES string of the molecule is CN(C)c1nc2nc3c(c(NCCCN4CCOCC4)n2n1)SCCC3. The van der Waals surface area contributed by atoms with Crippen LogP contribution in [0.15, 0.2) is 4.90 Å². The van der Waals surface area contributed by atoms with Crippen molar-refractivity contribution in [1.82, 2.24) is 24.5 Å². The predicted molar refractivity (Wildman–Crippen MR) is 105 cm³/mol. The molecule has 0 saturated carbocycles. The number of aryl methyl sites for hydroxylation is 1. The Balaban J connectivity index is 1.51. The number of hydrogen-bond donors (Lipinski definition) is 1.